The number of ketones is 3. The summed E-state index contributed by atoms with van der Waals surface area (Å²) in [5.74, 6) is -7.09. The first-order valence-electron chi connectivity index (χ1n) is 22.3. The highest BCUT2D eigenvalue weighted by Crippen LogP contribution is 2.53. The van der Waals surface area contributed by atoms with Crippen molar-refractivity contribution in [2.24, 2.45) is 11.8 Å². The maximum absolute atomic E-state index is 14.6. The lowest BCUT2D eigenvalue weighted by molar-refractivity contribution is -0.256. The maximum atomic E-state index is 14.6. The van der Waals surface area contributed by atoms with Crippen LogP contribution in [0.4, 0.5) is 0 Å². The molecule has 0 amide bonds. The van der Waals surface area contributed by atoms with Crippen molar-refractivity contribution < 1.29 is 88.1 Å². The Morgan fingerprint density at radius 1 is 0.985 bits per heavy atom. The summed E-state index contributed by atoms with van der Waals surface area (Å²) < 4.78 is 37.2. The van der Waals surface area contributed by atoms with Crippen LogP contribution in [0.2, 0.25) is 0 Å². The quantitative estimate of drug-likeness (QED) is 0.0439. The van der Waals surface area contributed by atoms with E-state index in [0.29, 0.717) is 43.7 Å². The lowest BCUT2D eigenvalue weighted by Gasteiger charge is -2.43. The number of morpholine rings is 1. The van der Waals surface area contributed by atoms with E-state index in [1.54, 1.807) is 6.92 Å². The monoisotopic (exact) mass is 952 g/mol. The molecule has 8 atom stereocenters. The number of aliphatic hydroxyl groups excluding tert-OH is 1. The lowest BCUT2D eigenvalue weighted by atomic mass is 9.72. The second-order valence-corrected chi connectivity index (χ2v) is 19.1. The van der Waals surface area contributed by atoms with Gasteiger partial charge in [-0.2, -0.15) is 0 Å². The molecule has 0 spiro atoms. The molecule has 9 rings (SSSR count). The molecule has 0 bridgehead atoms. The molecule has 1 saturated carbocycles. The molecule has 3 saturated heterocycles. The molecule has 2 aromatic carbocycles. The molecule has 3 aliphatic carbocycles. The van der Waals surface area contributed by atoms with Gasteiger partial charge in [-0.05, 0) is 44.6 Å². The fourth-order valence-corrected chi connectivity index (χ4v) is 11.6. The summed E-state index contributed by atoms with van der Waals surface area (Å²) in [5.41, 5.74) is -4.60. The van der Waals surface area contributed by atoms with Crippen LogP contribution in [0.5, 0.6) is 29.0 Å². The number of phenolic OH excluding ortho intramolecular Hbond substituents is 2. The number of aliphatic hydroxyl groups is 2. The molecule has 67 heavy (non-hydrogen) atoms. The smallest absolute Gasteiger partial charge is 0.312 e. The van der Waals surface area contributed by atoms with Crippen LogP contribution < -0.4 is 4.74 Å². The zero-order chi connectivity index (χ0) is 47.6. The largest absolute Gasteiger partial charge is 0.507 e. The Morgan fingerprint density at radius 2 is 1.73 bits per heavy atom. The first-order valence-corrected chi connectivity index (χ1v) is 23.3. The topological polar surface area (TPSA) is 291 Å². The number of carbonyl (C=O) groups is 5. The number of phenols is 2. The van der Waals surface area contributed by atoms with E-state index in [1.807, 2.05) is 0 Å². The summed E-state index contributed by atoms with van der Waals surface area (Å²) in [6.07, 6.45) is -3.57. The lowest BCUT2D eigenvalue weighted by Crippen LogP contribution is -2.55. The van der Waals surface area contributed by atoms with Crippen molar-refractivity contribution in [3.05, 3.63) is 57.6 Å². The molecule has 0 unspecified atom stereocenters. The van der Waals surface area contributed by atoms with Crippen molar-refractivity contribution in [1.82, 2.24) is 9.47 Å². The number of Topliss-reactive ketones (excluding diaryl/α,β-unsaturated/α-hetero) is 1. The number of methoxy groups -OCH3 is 1. The number of rotatable bonds is 13. The summed E-state index contributed by atoms with van der Waals surface area (Å²) in [6.45, 7) is 1.89. The predicted molar refractivity (Wildman–Crippen MR) is 229 cm³/mol. The van der Waals surface area contributed by atoms with Gasteiger partial charge < -0.3 is 64.2 Å². The molecule has 6 aliphatic rings. The Hall–Kier alpha value is -5.10. The Balaban J connectivity index is 0.942. The van der Waals surface area contributed by atoms with Crippen molar-refractivity contribution in [3.63, 3.8) is 0 Å². The van der Waals surface area contributed by atoms with Gasteiger partial charge in [-0.1, -0.05) is 12.1 Å². The number of benzene rings is 2. The number of carboxylic acids is 1. The molecule has 360 valence electrons. The Morgan fingerprint density at radius 3 is 2.45 bits per heavy atom. The van der Waals surface area contributed by atoms with Gasteiger partial charge in [0.1, 0.15) is 35.6 Å². The molecule has 21 heteroatoms. The summed E-state index contributed by atoms with van der Waals surface area (Å²) in [5, 5.41) is 76.4. The average Bonchev–Trinajstić information content (AvgIpc) is 3.81. The van der Waals surface area contributed by atoms with Crippen LogP contribution in [0.1, 0.15) is 101 Å². The number of aromatic nitrogens is 1. The van der Waals surface area contributed by atoms with Gasteiger partial charge in [0.05, 0.1) is 52.7 Å². The number of hydrogen-bond acceptors (Lipinski definition) is 19. The first kappa shape index (κ1) is 47.0. The van der Waals surface area contributed by atoms with Crippen molar-refractivity contribution in [2.45, 2.75) is 118 Å². The number of fused-ring (bicyclic) bond motifs is 6. The van der Waals surface area contributed by atoms with Gasteiger partial charge in [0.2, 0.25) is 11.7 Å². The SMILES string of the molecule is CO[C@H]1OCCN2[C@@H]1O[C@@H]1[C@H](C)O[C@@H](O[C@H]3C[C@](O)(C(=O)CO)Cc4c(O)c5c(c(O)c43)C(=O)c3c(OC(=O)CCSc4cc(O)n(CC6CCC(C(=O)O)CC6)c4O)cccc3C5=O)C[C@@H]12. The van der Waals surface area contributed by atoms with Gasteiger partial charge in [0.15, 0.2) is 36.3 Å². The number of nitrogens with zero attached hydrogens (tertiary/aromatic N) is 2. The molecule has 3 aromatic rings. The molecule has 0 radical (unpaired) electrons. The number of esters is 1. The minimum Gasteiger partial charge on any atom is -0.507 e. The fourth-order valence-electron chi connectivity index (χ4n) is 10.7. The summed E-state index contributed by atoms with van der Waals surface area (Å²) >= 11 is 1.07. The highest BCUT2D eigenvalue weighted by molar-refractivity contribution is 7.99. The number of hydrogen-bond donors (Lipinski definition) is 7. The number of carbonyl (C=O) groups excluding carboxylic acids is 4. The van der Waals surface area contributed by atoms with Gasteiger partial charge in [-0.15, -0.1) is 11.8 Å². The summed E-state index contributed by atoms with van der Waals surface area (Å²) in [7, 11) is 1.51. The van der Waals surface area contributed by atoms with Crippen molar-refractivity contribution in [3.8, 4) is 29.0 Å². The van der Waals surface area contributed by atoms with Crippen molar-refractivity contribution in [1.29, 1.82) is 0 Å². The molecule has 20 nitrogen and oxygen atoms in total. The first-order chi connectivity index (χ1) is 32.0. The van der Waals surface area contributed by atoms with E-state index >= 15 is 0 Å². The minimum absolute atomic E-state index is 0.0559. The molecule has 7 N–H and O–H groups in total. The van der Waals surface area contributed by atoms with E-state index in [9.17, 15) is 59.7 Å². The number of thioether (sulfide) groups is 1. The Labute approximate surface area is 387 Å². The van der Waals surface area contributed by atoms with Crippen molar-refractivity contribution >= 4 is 41.1 Å². The Bertz CT molecular complexity index is 2500. The second kappa shape index (κ2) is 18.4. The van der Waals surface area contributed by atoms with Gasteiger partial charge >= 0.3 is 11.9 Å². The van der Waals surface area contributed by atoms with Gasteiger partial charge in [-0.25, -0.2) is 0 Å². The third-order valence-electron chi connectivity index (χ3n) is 14.1. The van der Waals surface area contributed by atoms with E-state index in [1.165, 1.54) is 35.9 Å². The summed E-state index contributed by atoms with van der Waals surface area (Å²) in [6, 6.07) is 5.06. The molecular formula is C46H52N2O18S. The van der Waals surface area contributed by atoms with Crippen LogP contribution in [0.25, 0.3) is 0 Å². The van der Waals surface area contributed by atoms with E-state index in [-0.39, 0.29) is 76.9 Å². The number of ether oxygens (including phenoxy) is 6. The third-order valence-corrected chi connectivity index (χ3v) is 15.1. The summed E-state index contributed by atoms with van der Waals surface area (Å²) in [4.78, 5) is 69.0. The van der Waals surface area contributed by atoms with Crippen LogP contribution in [-0.2, 0) is 51.0 Å². The van der Waals surface area contributed by atoms with Crippen LogP contribution in [0, 0.1) is 11.8 Å². The van der Waals surface area contributed by atoms with E-state index < -0.39 is 120 Å². The maximum Gasteiger partial charge on any atom is 0.312 e. The van der Waals surface area contributed by atoms with Crippen LogP contribution >= 0.6 is 11.8 Å². The van der Waals surface area contributed by atoms with Crippen LogP contribution in [0.15, 0.2) is 29.2 Å². The third kappa shape index (κ3) is 8.37. The minimum atomic E-state index is -2.34. The highest BCUT2D eigenvalue weighted by Gasteiger charge is 2.55. The molecular weight excluding hydrogens is 901 g/mol. The van der Waals surface area contributed by atoms with Gasteiger partial charge in [0.25, 0.3) is 0 Å². The van der Waals surface area contributed by atoms with Crippen LogP contribution in [0.3, 0.4) is 0 Å². The second-order valence-electron chi connectivity index (χ2n) is 18.0. The van der Waals surface area contributed by atoms with Crippen molar-refractivity contribution in [2.75, 3.05) is 32.6 Å². The van der Waals surface area contributed by atoms with E-state index in [4.69, 9.17) is 28.4 Å². The predicted octanol–water partition coefficient (Wildman–Crippen LogP) is 2.89. The van der Waals surface area contributed by atoms with E-state index in [0.717, 1.165) is 11.8 Å². The van der Waals surface area contributed by atoms with Crippen LogP contribution in [-0.4, -0.2) is 150 Å². The highest BCUT2D eigenvalue weighted by atomic mass is 32.2. The standard InChI is InChI=1S/C46H52N2O18S/c1-20-41-25(47-11-12-62-45(61-2)43(47)66-41)14-32(63-20)65-27-17-46(60,29(50)19-49)16-24-34(27)40(56)36-35(38(24)54)37(53)23-4-3-5-26(33(23)39(36)55)64-31(52)10-13-67-28-15-30(51)48(42(28)57)18-21-6-8-22(9-7-21)44(58)59/h3-5,15,20-22,25,27,32,41,43,45,49,51,54,56-57,60H,6-14,16-19H2,1-2H3,(H,58,59)/t20-,21?,22?,25-,27-,32-,41+,43+,45-,46-/m0/s1. The number of carboxylic acid groups (broad SMARTS) is 1. The number of aliphatic carboxylic acids is 1. The molecule has 3 aliphatic heterocycles. The normalized spacial score (nSPS) is 30.2. The fraction of sp³-hybridized carbons (Fsp3) is 0.543. The van der Waals surface area contributed by atoms with Gasteiger partial charge in [0, 0.05) is 74.0 Å². The average molecular weight is 953 g/mol. The van der Waals surface area contributed by atoms with Gasteiger partial charge in [-0.3, -0.25) is 33.4 Å². The zero-order valence-electron chi connectivity index (χ0n) is 36.6. The number of aromatic hydroxyl groups is 4. The molecule has 4 heterocycles. The molecule has 1 aromatic heterocycles. The Kier molecular flexibility index (Phi) is 12.9. The molecule has 4 fully saturated rings. The zero-order valence-corrected chi connectivity index (χ0v) is 37.4. The van der Waals surface area contributed by atoms with E-state index in [2.05, 4.69) is 4.90 Å².